The number of carboxylic acids is 2. The van der Waals surface area contributed by atoms with E-state index in [4.69, 9.17) is 96.7 Å². The standard InChI is InChI=1S/C59H99N5O52S8/c1-84-36-28(23-92-123(78,79)80)94-54(35(39(36)85-2)63-33(67)19-11-9-15-21-60-31(65)17-10-8-14-20-61-32(66)18-13-12-16-30-34-26(25-117-30)62-59(72)64-34)99-42-40(86-3)48(88-5)57(101-46(42)52(68)69)98-38-29(24-93-124(81,82)83)96-58(51(106-122-116-111-77)45(38)104-120-114-109-75)100-43-41(87-4)49(89-6)56(102-47(43)53(70)71)97-37-27(22-91-118-112-107-73)95-55(90-7)50(105-121-115-110-76)44(37)103-119-113-108-74/h26-30,34-51,54-58,73-77H,8-25H2,1-7H3,(H,60,65)(H,61,66)(H,63,67)(H,68,69)(H,70,71)(H2,62,64,72)(H,78,79,80)(H,81,82,83)/p-9/t26?,27?,28?,29-,30?,34?,35?,36+,37+,38-,39-,40+,41?,42-,43+,44+,45?,46?,47-,48?,49?,50?,51?,54+,55-,56+,57-,58-/m1/s1. The molecule has 7 fully saturated rings. The number of carboxylic acid groups (broad SMARTS) is 2. The van der Waals surface area contributed by atoms with E-state index in [0.717, 1.165) is 68.4 Å². The molecule has 7 aliphatic heterocycles. The molecule has 57 nitrogen and oxygen atoms in total. The van der Waals surface area contributed by atoms with Gasteiger partial charge in [-0.05, 0) is 38.5 Å². The van der Waals surface area contributed by atoms with Gasteiger partial charge in [-0.15, -0.1) is 21.7 Å². The molecule has 0 aromatic rings. The summed E-state index contributed by atoms with van der Waals surface area (Å²) < 4.78 is 226. The van der Waals surface area contributed by atoms with E-state index >= 15 is 0 Å². The molecule has 13 unspecified atom stereocenters. The van der Waals surface area contributed by atoms with Crippen LogP contribution >= 0.6 is 73.4 Å². The number of methoxy groups -OCH3 is 7. The van der Waals surface area contributed by atoms with Gasteiger partial charge in [0, 0.05) is 93.1 Å². The van der Waals surface area contributed by atoms with Crippen molar-refractivity contribution >= 4 is 130 Å². The van der Waals surface area contributed by atoms with Gasteiger partial charge in [-0.3, -0.25) is 68.9 Å². The first-order valence-electron chi connectivity index (χ1n) is 36.7. The first-order valence-corrected chi connectivity index (χ1v) is 43.8. The van der Waals surface area contributed by atoms with E-state index in [1.54, 1.807) is 0 Å². The summed E-state index contributed by atoms with van der Waals surface area (Å²) in [7, 11) is -4.28. The van der Waals surface area contributed by atoms with Gasteiger partial charge < -0.3 is 158 Å². The van der Waals surface area contributed by atoms with Gasteiger partial charge in [-0.1, -0.05) is 19.3 Å². The molecule has 5 amide bonds. The lowest BCUT2D eigenvalue weighted by atomic mass is 9.94. The van der Waals surface area contributed by atoms with E-state index < -0.39 is 237 Å². The molecule has 7 saturated heterocycles. The molecule has 5 N–H and O–H groups in total. The Bertz CT molecular complexity index is 3380. The van der Waals surface area contributed by atoms with Crippen molar-refractivity contribution in [3.63, 3.8) is 0 Å². The Morgan fingerprint density at radius 1 is 0.427 bits per heavy atom. The molecule has 7 aliphatic rings. The van der Waals surface area contributed by atoms with Crippen molar-refractivity contribution in [1.29, 1.82) is 0 Å². The van der Waals surface area contributed by atoms with E-state index in [9.17, 15) is 91.2 Å². The van der Waals surface area contributed by atoms with Crippen LogP contribution in [0.1, 0.15) is 77.0 Å². The van der Waals surface area contributed by atoms with Gasteiger partial charge in [-0.2, -0.15) is 11.8 Å². The fourth-order valence-corrected chi connectivity index (χ4v) is 18.0. The molecule has 0 saturated carbocycles. The highest BCUT2D eigenvalue weighted by atomic mass is 32.3. The van der Waals surface area contributed by atoms with Crippen molar-refractivity contribution in [3.8, 4) is 0 Å². The van der Waals surface area contributed by atoms with Gasteiger partial charge in [0.2, 0.25) is 38.5 Å². The Morgan fingerprint density at radius 2 is 0.823 bits per heavy atom. The number of fused-ring (bicyclic) bond motifs is 1. The Balaban J connectivity index is 1.09. The summed E-state index contributed by atoms with van der Waals surface area (Å²) in [5, 5.41) is 114. The molecule has 0 aliphatic carbocycles. The average Bonchev–Trinajstić information content (AvgIpc) is 0.904. The summed E-state index contributed by atoms with van der Waals surface area (Å²) in [5.74, 6) is -4.57. The van der Waals surface area contributed by atoms with Gasteiger partial charge >= 0.3 is 6.03 Å². The normalized spacial score (nSPS) is 33.4. The lowest BCUT2D eigenvalue weighted by Gasteiger charge is -2.52. The summed E-state index contributed by atoms with van der Waals surface area (Å²) in [5.41, 5.74) is 0. The maximum absolute atomic E-state index is 14.0. The topological polar surface area (TPSA) is 743 Å². The van der Waals surface area contributed by atoms with Crippen molar-refractivity contribution in [3.05, 3.63) is 0 Å². The molecule has 0 spiro atoms. The zero-order valence-corrected chi connectivity index (χ0v) is 72.4. The summed E-state index contributed by atoms with van der Waals surface area (Å²) in [6.07, 6.45) is -43.3. The molecule has 0 radical (unpaired) electrons. The molecule has 65 heteroatoms. The lowest BCUT2D eigenvalue weighted by molar-refractivity contribution is -0.778. The van der Waals surface area contributed by atoms with Crippen LogP contribution in [0.4, 0.5) is 4.79 Å². The molecule has 28 atom stereocenters. The molecule has 0 bridgehead atoms. The van der Waals surface area contributed by atoms with Crippen LogP contribution in [0, 0.1) is 0 Å². The van der Waals surface area contributed by atoms with Crippen LogP contribution in [0.2, 0.25) is 0 Å². The van der Waals surface area contributed by atoms with Crippen molar-refractivity contribution in [2.45, 2.75) is 248 Å². The fraction of sp³-hybridized carbons (Fsp3) is 0.898. The highest BCUT2D eigenvalue weighted by Gasteiger charge is 2.61. The van der Waals surface area contributed by atoms with Gasteiger partial charge in [0.25, 0.3) is 0 Å². The number of aliphatic carboxylic acids is 2. The van der Waals surface area contributed by atoms with E-state index in [2.05, 4.69) is 81.8 Å². The molecule has 124 heavy (non-hydrogen) atoms. The van der Waals surface area contributed by atoms with Gasteiger partial charge in [0.15, 0.2) is 105 Å². The smallest absolute Gasteiger partial charge is 0.315 e. The summed E-state index contributed by atoms with van der Waals surface area (Å²) in [4.78, 5) is 78.1. The zero-order valence-electron chi connectivity index (χ0n) is 65.9. The van der Waals surface area contributed by atoms with Crippen LogP contribution in [0.5, 0.6) is 0 Å². The minimum atomic E-state index is -5.88. The van der Waals surface area contributed by atoms with E-state index in [0.29, 0.717) is 56.7 Å². The monoisotopic (exact) mass is 1960 g/mol. The van der Waals surface area contributed by atoms with E-state index in [-0.39, 0.29) is 92.7 Å². The predicted octanol–water partition coefficient (Wildman–Crippen LogP) is -9.60. The van der Waals surface area contributed by atoms with E-state index in [1.807, 2.05) is 11.8 Å². The van der Waals surface area contributed by atoms with Gasteiger partial charge in [-0.25, -0.2) is 21.6 Å². The maximum atomic E-state index is 14.0. The summed E-state index contributed by atoms with van der Waals surface area (Å²) in [6.45, 7) is -2.76. The maximum Gasteiger partial charge on any atom is 0.315 e. The molecule has 720 valence electrons. The predicted molar refractivity (Wildman–Crippen MR) is 379 cm³/mol. The Kier molecular flexibility index (Phi) is 49.5. The number of unbranched alkanes of at least 4 members (excludes halogenated alkanes) is 5. The van der Waals surface area contributed by atoms with E-state index in [1.165, 1.54) is 0 Å². The first kappa shape index (κ1) is 108. The number of ether oxygens (including phenoxy) is 16. The van der Waals surface area contributed by atoms with Crippen molar-refractivity contribution < 1.29 is 243 Å². The van der Waals surface area contributed by atoms with Gasteiger partial charge in [0.05, 0.1) is 43.8 Å². The number of urea groups is 1. The first-order chi connectivity index (χ1) is 59.6. The SMILES string of the molecule is COC1C(OC)[C@H](O[C@H]2O[C@H](COS(=O)(=O)[O-])[C@@H](O[C@@H]3OC(C(=O)[O-])[C@H](O[C@@H]4OC(COS(=O)(=O)[O-])[C@H](OC)[C@H](OC)C4NC(=O)CCCCCNC(=O)CCCCCNC(=O)CCCCC4SCC5NC(=O)NC54)[C@H](OC)C3OC)C(OSOO[O-])C2OSOO[O-])[C@H](C(=O)[O-])O[C@@H]1O[C@H]1C(COSOO[O-])O[C@@H](OC)C(OSOO[O-])[C@H]1OSOO[O-]. The van der Waals surface area contributed by atoms with Crippen molar-refractivity contribution in [2.75, 3.05) is 88.4 Å². The minimum Gasteiger partial charge on any atom is -0.726 e. The number of amides is 5. The summed E-state index contributed by atoms with van der Waals surface area (Å²) in [6, 6.07) is -1.53. The zero-order chi connectivity index (χ0) is 90.5. The van der Waals surface area contributed by atoms with Crippen LogP contribution in [-0.2, 0) is 197 Å². The third-order valence-electron chi connectivity index (χ3n) is 19.4. The second-order valence-corrected chi connectivity index (χ2v) is 32.4. The van der Waals surface area contributed by atoms with Crippen LogP contribution < -0.4 is 63.1 Å². The average molecular weight is 1960 g/mol. The third kappa shape index (κ3) is 33.3. The molecule has 0 aromatic heterocycles. The highest BCUT2D eigenvalue weighted by Crippen LogP contribution is 2.43. The second-order valence-electron chi connectivity index (χ2n) is 26.7. The Morgan fingerprint density at radius 3 is 1.27 bits per heavy atom. The number of carbonyl (C=O) groups excluding carboxylic acids is 6. The number of hydrogen-bond donors (Lipinski definition) is 5. The van der Waals surface area contributed by atoms with Crippen LogP contribution in [0.15, 0.2) is 0 Å². The number of nitrogens with one attached hydrogen (secondary N) is 5. The Labute approximate surface area is 732 Å². The quantitative estimate of drug-likeness (QED) is 0.00718. The van der Waals surface area contributed by atoms with Crippen LogP contribution in [0.25, 0.3) is 0 Å². The fourth-order valence-electron chi connectivity index (χ4n) is 14.2. The number of hydrogen-bond acceptors (Lipinski definition) is 58. The van der Waals surface area contributed by atoms with Crippen molar-refractivity contribution in [2.24, 2.45) is 0 Å². The number of thioether (sulfide) groups is 1. The third-order valence-corrected chi connectivity index (χ3v) is 23.8. The minimum absolute atomic E-state index is 0.0618. The van der Waals surface area contributed by atoms with Crippen LogP contribution in [0.3, 0.4) is 0 Å². The number of carbonyl (C=O) groups is 6. The van der Waals surface area contributed by atoms with Crippen molar-refractivity contribution in [1.82, 2.24) is 26.6 Å². The molecule has 7 heterocycles. The molecular weight excluding hydrogens is 1870 g/mol. The van der Waals surface area contributed by atoms with Gasteiger partial charge in [0.1, 0.15) is 110 Å². The molecular formula is C59H90N5O52S8-9. The molecule has 0 aromatic carbocycles. The highest BCUT2D eigenvalue weighted by molar-refractivity contribution is 8.00. The number of rotatable bonds is 62. The largest absolute Gasteiger partial charge is 0.726 e. The second kappa shape index (κ2) is 56.8. The van der Waals surface area contributed by atoms with Crippen LogP contribution in [-0.4, -0.2) is 321 Å². The molecule has 7 rings (SSSR count). The lowest BCUT2D eigenvalue weighted by Crippen LogP contribution is -2.71. The summed E-state index contributed by atoms with van der Waals surface area (Å²) >= 11 is 0.629. The Hall–Kier alpha value is -2.98.